The van der Waals surface area contributed by atoms with E-state index in [4.69, 9.17) is 4.74 Å². The van der Waals surface area contributed by atoms with Crippen molar-refractivity contribution in [3.05, 3.63) is 35.9 Å². The number of piperazine rings is 1. The summed E-state index contributed by atoms with van der Waals surface area (Å²) in [5.74, 6) is 0. The monoisotopic (exact) mass is 345 g/mol. The molecular formula is C20H31N3O2. The van der Waals surface area contributed by atoms with Gasteiger partial charge in [0.25, 0.3) is 0 Å². The first-order valence-electron chi connectivity index (χ1n) is 9.36. The Labute approximate surface area is 151 Å². The van der Waals surface area contributed by atoms with Crippen molar-refractivity contribution < 1.29 is 9.53 Å². The van der Waals surface area contributed by atoms with Crippen LogP contribution < -0.4 is 0 Å². The van der Waals surface area contributed by atoms with Gasteiger partial charge in [0, 0.05) is 44.3 Å². The Morgan fingerprint density at radius 3 is 2.44 bits per heavy atom. The van der Waals surface area contributed by atoms with Crippen LogP contribution in [0.3, 0.4) is 0 Å². The van der Waals surface area contributed by atoms with E-state index < -0.39 is 0 Å². The molecule has 2 aliphatic rings. The summed E-state index contributed by atoms with van der Waals surface area (Å²) >= 11 is 0. The zero-order valence-corrected chi connectivity index (χ0v) is 15.8. The number of ether oxygens (including phenoxy) is 1. The maximum absolute atomic E-state index is 12.6. The van der Waals surface area contributed by atoms with Gasteiger partial charge in [-0.3, -0.25) is 4.90 Å². The van der Waals surface area contributed by atoms with E-state index in [2.05, 4.69) is 30.7 Å². The summed E-state index contributed by atoms with van der Waals surface area (Å²) in [6.07, 6.45) is 1.86. The van der Waals surface area contributed by atoms with E-state index in [1.807, 2.05) is 35.2 Å². The standard InChI is InChI=1S/C20H31N3O2/c1-20(2)15-18(22-13-11-21(3)12-14-22)9-10-23(20)19(24)25-16-17-7-5-4-6-8-17/h4-8,18H,9-16H2,1-3H3. The molecule has 5 nitrogen and oxygen atoms in total. The number of hydrogen-bond donors (Lipinski definition) is 0. The molecule has 25 heavy (non-hydrogen) atoms. The van der Waals surface area contributed by atoms with Crippen molar-refractivity contribution in [2.45, 2.75) is 44.9 Å². The molecular weight excluding hydrogens is 314 g/mol. The number of carbonyl (C=O) groups excluding carboxylic acids is 1. The van der Waals surface area contributed by atoms with Gasteiger partial charge in [-0.25, -0.2) is 4.79 Å². The van der Waals surface area contributed by atoms with Gasteiger partial charge in [-0.05, 0) is 39.3 Å². The Balaban J connectivity index is 1.54. The van der Waals surface area contributed by atoms with Crippen LogP contribution >= 0.6 is 0 Å². The maximum atomic E-state index is 12.6. The van der Waals surface area contributed by atoms with Gasteiger partial charge < -0.3 is 14.5 Å². The van der Waals surface area contributed by atoms with Crippen molar-refractivity contribution >= 4 is 6.09 Å². The topological polar surface area (TPSA) is 36.0 Å². The van der Waals surface area contributed by atoms with Crippen LogP contribution in [0.1, 0.15) is 32.3 Å². The van der Waals surface area contributed by atoms with Crippen LogP contribution in [-0.2, 0) is 11.3 Å². The molecule has 5 heteroatoms. The van der Waals surface area contributed by atoms with Crippen molar-refractivity contribution in [3.63, 3.8) is 0 Å². The first-order chi connectivity index (χ1) is 12.0. The number of likely N-dealkylation sites (tertiary alicyclic amines) is 1. The molecule has 138 valence electrons. The fourth-order valence-electron chi connectivity index (χ4n) is 4.00. The lowest BCUT2D eigenvalue weighted by molar-refractivity contribution is -0.00192. The van der Waals surface area contributed by atoms with Crippen LogP contribution in [0.4, 0.5) is 4.79 Å². The number of carbonyl (C=O) groups is 1. The predicted octanol–water partition coefficient (Wildman–Crippen LogP) is 2.81. The average Bonchev–Trinajstić information content (AvgIpc) is 2.60. The number of benzene rings is 1. The molecule has 2 heterocycles. The van der Waals surface area contributed by atoms with Gasteiger partial charge in [-0.15, -0.1) is 0 Å². The minimum absolute atomic E-state index is 0.167. The van der Waals surface area contributed by atoms with Gasteiger partial charge in [0.2, 0.25) is 0 Å². The first-order valence-corrected chi connectivity index (χ1v) is 9.36. The Bertz CT molecular complexity index is 568. The second kappa shape index (κ2) is 7.75. The molecule has 0 saturated carbocycles. The highest BCUT2D eigenvalue weighted by atomic mass is 16.6. The lowest BCUT2D eigenvalue weighted by Gasteiger charge is -2.49. The SMILES string of the molecule is CN1CCN(C2CCN(C(=O)OCc3ccccc3)C(C)(C)C2)CC1. The number of piperidine rings is 1. The van der Waals surface area contributed by atoms with Gasteiger partial charge in [-0.2, -0.15) is 0 Å². The van der Waals surface area contributed by atoms with E-state index in [9.17, 15) is 4.79 Å². The fraction of sp³-hybridized carbons (Fsp3) is 0.650. The summed E-state index contributed by atoms with van der Waals surface area (Å²) in [5.41, 5.74) is 0.862. The molecule has 0 aromatic heterocycles. The third-order valence-corrected chi connectivity index (χ3v) is 5.63. The number of likely N-dealkylation sites (N-methyl/N-ethyl adjacent to an activating group) is 1. The summed E-state index contributed by atoms with van der Waals surface area (Å²) < 4.78 is 5.56. The highest BCUT2D eigenvalue weighted by molar-refractivity contribution is 5.68. The van der Waals surface area contributed by atoms with E-state index in [0.717, 1.165) is 51.1 Å². The molecule has 3 rings (SSSR count). The number of rotatable bonds is 3. The third-order valence-electron chi connectivity index (χ3n) is 5.63. The third kappa shape index (κ3) is 4.53. The van der Waals surface area contributed by atoms with Gasteiger partial charge in [0.1, 0.15) is 6.61 Å². The summed E-state index contributed by atoms with van der Waals surface area (Å²) in [4.78, 5) is 19.5. The summed E-state index contributed by atoms with van der Waals surface area (Å²) in [7, 11) is 2.19. The van der Waals surface area contributed by atoms with E-state index in [-0.39, 0.29) is 11.6 Å². The van der Waals surface area contributed by atoms with E-state index in [1.165, 1.54) is 0 Å². The highest BCUT2D eigenvalue weighted by Gasteiger charge is 2.40. The van der Waals surface area contributed by atoms with E-state index in [1.54, 1.807) is 0 Å². The van der Waals surface area contributed by atoms with Crippen LogP contribution in [-0.4, -0.2) is 72.1 Å². The summed E-state index contributed by atoms with van der Waals surface area (Å²) in [6.45, 7) is 9.99. The van der Waals surface area contributed by atoms with Gasteiger partial charge >= 0.3 is 6.09 Å². The molecule has 2 fully saturated rings. The quantitative estimate of drug-likeness (QED) is 0.844. The van der Waals surface area contributed by atoms with E-state index >= 15 is 0 Å². The Morgan fingerprint density at radius 1 is 1.12 bits per heavy atom. The summed E-state index contributed by atoms with van der Waals surface area (Å²) in [6, 6.07) is 10.4. The number of amides is 1. The largest absolute Gasteiger partial charge is 0.445 e. The molecule has 1 unspecified atom stereocenters. The lowest BCUT2D eigenvalue weighted by atomic mass is 9.86. The second-order valence-corrected chi connectivity index (χ2v) is 7.99. The molecule has 0 spiro atoms. The molecule has 1 aromatic carbocycles. The molecule has 2 aliphatic heterocycles. The van der Waals surface area contributed by atoms with Crippen LogP contribution in [0.5, 0.6) is 0 Å². The summed E-state index contributed by atoms with van der Waals surface area (Å²) in [5, 5.41) is 0. The predicted molar refractivity (Wildman–Crippen MR) is 99.5 cm³/mol. The minimum atomic E-state index is -0.189. The number of nitrogens with zero attached hydrogens (tertiary/aromatic N) is 3. The zero-order chi connectivity index (χ0) is 17.9. The van der Waals surface area contributed by atoms with Gasteiger partial charge in [0.15, 0.2) is 0 Å². The molecule has 0 N–H and O–H groups in total. The van der Waals surface area contributed by atoms with Gasteiger partial charge in [0.05, 0.1) is 0 Å². The molecule has 1 aromatic rings. The Hall–Kier alpha value is -1.59. The van der Waals surface area contributed by atoms with Crippen molar-refractivity contribution in [1.29, 1.82) is 0 Å². The van der Waals surface area contributed by atoms with Crippen LogP contribution in [0.25, 0.3) is 0 Å². The van der Waals surface area contributed by atoms with E-state index in [0.29, 0.717) is 12.6 Å². The first kappa shape index (κ1) is 18.2. The zero-order valence-electron chi connectivity index (χ0n) is 15.8. The highest BCUT2D eigenvalue weighted by Crippen LogP contribution is 2.31. The molecule has 0 radical (unpaired) electrons. The molecule has 0 bridgehead atoms. The Morgan fingerprint density at radius 2 is 1.80 bits per heavy atom. The lowest BCUT2D eigenvalue weighted by Crippen LogP contribution is -2.59. The molecule has 1 atom stereocenters. The normalized spacial score (nSPS) is 24.9. The van der Waals surface area contributed by atoms with Gasteiger partial charge in [-0.1, -0.05) is 30.3 Å². The molecule has 0 aliphatic carbocycles. The van der Waals surface area contributed by atoms with Crippen molar-refractivity contribution in [2.24, 2.45) is 0 Å². The van der Waals surface area contributed by atoms with Crippen LogP contribution in [0, 0.1) is 0 Å². The average molecular weight is 345 g/mol. The van der Waals surface area contributed by atoms with Crippen LogP contribution in [0.2, 0.25) is 0 Å². The number of hydrogen-bond acceptors (Lipinski definition) is 4. The second-order valence-electron chi connectivity index (χ2n) is 7.99. The smallest absolute Gasteiger partial charge is 0.410 e. The Kier molecular flexibility index (Phi) is 5.64. The fourth-order valence-corrected chi connectivity index (χ4v) is 4.00. The molecule has 2 saturated heterocycles. The van der Waals surface area contributed by atoms with Crippen molar-refractivity contribution in [3.8, 4) is 0 Å². The van der Waals surface area contributed by atoms with Crippen LogP contribution in [0.15, 0.2) is 30.3 Å². The van der Waals surface area contributed by atoms with Crippen molar-refractivity contribution in [2.75, 3.05) is 39.8 Å². The van der Waals surface area contributed by atoms with Crippen molar-refractivity contribution in [1.82, 2.24) is 14.7 Å². The minimum Gasteiger partial charge on any atom is -0.445 e. The maximum Gasteiger partial charge on any atom is 0.410 e. The molecule has 1 amide bonds.